The molecule has 3 aromatic rings. The zero-order valence-corrected chi connectivity index (χ0v) is 14.5. The lowest BCUT2D eigenvalue weighted by molar-refractivity contribution is -0.137. The topological polar surface area (TPSA) is 17.1 Å². The zero-order chi connectivity index (χ0) is 18.1. The van der Waals surface area contributed by atoms with Gasteiger partial charge in [-0.25, -0.2) is 0 Å². The van der Waals surface area contributed by atoms with E-state index >= 15 is 0 Å². The Bertz CT molecular complexity index is 881. The van der Waals surface area contributed by atoms with Gasteiger partial charge in [-0.2, -0.15) is 13.2 Å². The van der Waals surface area contributed by atoms with Gasteiger partial charge >= 0.3 is 6.18 Å². The van der Waals surface area contributed by atoms with Crippen LogP contribution in [0.15, 0.2) is 78.9 Å². The van der Waals surface area contributed by atoms with Gasteiger partial charge in [0.15, 0.2) is 7.14 Å². The van der Waals surface area contributed by atoms with Crippen LogP contribution >= 0.6 is 18.7 Å². The predicted octanol–water partition coefficient (Wildman–Crippen LogP) is 5.00. The molecule has 128 valence electrons. The monoisotopic (exact) mass is 380 g/mol. The summed E-state index contributed by atoms with van der Waals surface area (Å²) in [5.41, 5.74) is -0.915. The summed E-state index contributed by atoms with van der Waals surface area (Å²) in [7, 11) is -3.48. The quantitative estimate of drug-likeness (QED) is 0.584. The minimum atomic E-state index is -4.57. The molecule has 0 atom stereocenters. The van der Waals surface area contributed by atoms with E-state index in [1.54, 1.807) is 60.7 Å². The van der Waals surface area contributed by atoms with Gasteiger partial charge in [0.2, 0.25) is 0 Å². The molecular formula is C19H13ClF3OP. The van der Waals surface area contributed by atoms with Gasteiger partial charge < -0.3 is 4.57 Å². The number of hydrogen-bond acceptors (Lipinski definition) is 1. The van der Waals surface area contributed by atoms with Crippen LogP contribution < -0.4 is 15.9 Å². The van der Waals surface area contributed by atoms with Gasteiger partial charge in [0.1, 0.15) is 0 Å². The molecule has 0 N–H and O–H groups in total. The summed E-state index contributed by atoms with van der Waals surface area (Å²) in [5, 5.41) is 0.870. The summed E-state index contributed by atoms with van der Waals surface area (Å²) in [6.45, 7) is 0. The van der Waals surface area contributed by atoms with Crippen molar-refractivity contribution in [3.63, 3.8) is 0 Å². The predicted molar refractivity (Wildman–Crippen MR) is 95.8 cm³/mol. The highest BCUT2D eigenvalue weighted by Crippen LogP contribution is 2.44. The highest BCUT2D eigenvalue weighted by Gasteiger charge is 2.35. The smallest absolute Gasteiger partial charge is 0.309 e. The van der Waals surface area contributed by atoms with Crippen molar-refractivity contribution in [3.05, 3.63) is 89.4 Å². The van der Waals surface area contributed by atoms with Crippen LogP contribution in [0.2, 0.25) is 5.02 Å². The Morgan fingerprint density at radius 1 is 0.720 bits per heavy atom. The second kappa shape index (κ2) is 6.70. The summed E-state index contributed by atoms with van der Waals surface area (Å²) in [4.78, 5) is 0. The van der Waals surface area contributed by atoms with Crippen molar-refractivity contribution in [1.29, 1.82) is 0 Å². The lowest BCUT2D eigenvalue weighted by Gasteiger charge is -2.21. The first-order valence-corrected chi connectivity index (χ1v) is 9.50. The molecule has 0 spiro atoms. The van der Waals surface area contributed by atoms with E-state index in [1.807, 2.05) is 0 Å². The van der Waals surface area contributed by atoms with Gasteiger partial charge in [-0.15, -0.1) is 0 Å². The van der Waals surface area contributed by atoms with Crippen molar-refractivity contribution >= 4 is 34.7 Å². The third-order valence-electron chi connectivity index (χ3n) is 3.81. The molecule has 0 heterocycles. The van der Waals surface area contributed by atoms with Crippen LogP contribution in [0.3, 0.4) is 0 Å². The molecule has 1 nitrogen and oxygen atoms in total. The largest absolute Gasteiger partial charge is 0.416 e. The molecule has 25 heavy (non-hydrogen) atoms. The third kappa shape index (κ3) is 3.51. The van der Waals surface area contributed by atoms with Crippen molar-refractivity contribution in [2.75, 3.05) is 0 Å². The number of rotatable bonds is 3. The van der Waals surface area contributed by atoms with Crippen LogP contribution in [-0.2, 0) is 10.7 Å². The third-order valence-corrected chi connectivity index (χ3v) is 7.07. The van der Waals surface area contributed by atoms with Crippen molar-refractivity contribution in [2.24, 2.45) is 0 Å². The molecule has 3 aromatic carbocycles. The Morgan fingerprint density at radius 2 is 1.20 bits per heavy atom. The van der Waals surface area contributed by atoms with Crippen LogP contribution in [0.5, 0.6) is 0 Å². The Kier molecular flexibility index (Phi) is 4.77. The Labute approximate surface area is 148 Å². The highest BCUT2D eigenvalue weighted by molar-refractivity contribution is 7.85. The maximum absolute atomic E-state index is 14.0. The maximum Gasteiger partial charge on any atom is 0.416 e. The Morgan fingerprint density at radius 3 is 1.64 bits per heavy atom. The average Bonchev–Trinajstić information content (AvgIpc) is 2.61. The molecule has 0 saturated carbocycles. The minimum Gasteiger partial charge on any atom is -0.309 e. The molecule has 0 bridgehead atoms. The van der Waals surface area contributed by atoms with E-state index in [2.05, 4.69) is 0 Å². The Balaban J connectivity index is 2.31. The summed E-state index contributed by atoms with van der Waals surface area (Å²) in [6, 6.07) is 20.1. The van der Waals surface area contributed by atoms with Gasteiger partial charge in [-0.3, -0.25) is 0 Å². The molecular weight excluding hydrogens is 368 g/mol. The number of halogens is 4. The summed E-state index contributed by atoms with van der Waals surface area (Å²) in [6.07, 6.45) is -4.57. The molecule has 0 aliphatic rings. The molecule has 0 radical (unpaired) electrons. The summed E-state index contributed by atoms with van der Waals surface area (Å²) in [5.74, 6) is 0. The SMILES string of the molecule is O=P(c1ccccc1)(c1ccccc1)c1cc(Cl)cc(C(F)(F)F)c1. The van der Waals surface area contributed by atoms with Gasteiger partial charge in [0.25, 0.3) is 0 Å². The number of benzene rings is 3. The first-order valence-electron chi connectivity index (χ1n) is 7.41. The molecule has 0 aliphatic heterocycles. The lowest BCUT2D eigenvalue weighted by Crippen LogP contribution is -2.26. The molecule has 0 aliphatic carbocycles. The summed E-state index contributed by atoms with van der Waals surface area (Å²) < 4.78 is 53.6. The van der Waals surface area contributed by atoms with Crippen LogP contribution in [-0.4, -0.2) is 0 Å². The number of hydrogen-bond donors (Lipinski definition) is 0. The maximum atomic E-state index is 14.0. The van der Waals surface area contributed by atoms with Crippen molar-refractivity contribution in [2.45, 2.75) is 6.18 Å². The van der Waals surface area contributed by atoms with Gasteiger partial charge in [0.05, 0.1) is 5.56 Å². The van der Waals surface area contributed by atoms with Crippen LogP contribution in [0.1, 0.15) is 5.56 Å². The van der Waals surface area contributed by atoms with Gasteiger partial charge in [0, 0.05) is 20.9 Å². The second-order valence-electron chi connectivity index (χ2n) is 5.48. The fourth-order valence-electron chi connectivity index (χ4n) is 2.64. The van der Waals surface area contributed by atoms with E-state index in [0.717, 1.165) is 12.1 Å². The average molecular weight is 381 g/mol. The summed E-state index contributed by atoms with van der Waals surface area (Å²) >= 11 is 5.92. The van der Waals surface area contributed by atoms with Gasteiger partial charge in [-0.1, -0.05) is 72.3 Å². The first-order chi connectivity index (χ1) is 11.8. The minimum absolute atomic E-state index is 0.0599. The highest BCUT2D eigenvalue weighted by atomic mass is 35.5. The standard InChI is InChI=1S/C19H13ClF3OP/c20-15-11-14(19(21,22)23)12-18(13-15)25(24,16-7-3-1-4-8-16)17-9-5-2-6-10-17/h1-13H. The van der Waals surface area contributed by atoms with Crippen LogP contribution in [0.4, 0.5) is 13.2 Å². The first kappa shape index (κ1) is 17.8. The molecule has 0 saturated heterocycles. The molecule has 3 rings (SSSR count). The van der Waals surface area contributed by atoms with E-state index in [0.29, 0.717) is 10.6 Å². The van der Waals surface area contributed by atoms with Crippen molar-refractivity contribution in [3.8, 4) is 0 Å². The molecule has 0 unspecified atom stereocenters. The van der Waals surface area contributed by atoms with Crippen molar-refractivity contribution in [1.82, 2.24) is 0 Å². The second-order valence-corrected chi connectivity index (χ2v) is 8.68. The van der Waals surface area contributed by atoms with E-state index in [-0.39, 0.29) is 10.3 Å². The van der Waals surface area contributed by atoms with Crippen LogP contribution in [0.25, 0.3) is 0 Å². The molecule has 0 fully saturated rings. The van der Waals surface area contributed by atoms with E-state index < -0.39 is 18.9 Å². The normalized spacial score (nSPS) is 12.2. The number of alkyl halides is 3. The van der Waals surface area contributed by atoms with E-state index in [4.69, 9.17) is 11.6 Å². The van der Waals surface area contributed by atoms with Crippen LogP contribution in [0, 0.1) is 0 Å². The molecule has 6 heteroatoms. The van der Waals surface area contributed by atoms with E-state index in [1.165, 1.54) is 6.07 Å². The molecule has 0 aromatic heterocycles. The van der Waals surface area contributed by atoms with Crippen molar-refractivity contribution < 1.29 is 17.7 Å². The lowest BCUT2D eigenvalue weighted by atomic mass is 10.2. The fourth-order valence-corrected chi connectivity index (χ4v) is 5.67. The molecule has 0 amide bonds. The van der Waals surface area contributed by atoms with Gasteiger partial charge in [-0.05, 0) is 18.2 Å². The van der Waals surface area contributed by atoms with E-state index in [9.17, 15) is 17.7 Å². The zero-order valence-electron chi connectivity index (χ0n) is 12.9. The Hall–Kier alpha value is -2.03. The fraction of sp³-hybridized carbons (Fsp3) is 0.0526.